The van der Waals surface area contributed by atoms with E-state index in [0.29, 0.717) is 27.7 Å². The van der Waals surface area contributed by atoms with E-state index < -0.39 is 0 Å². The van der Waals surface area contributed by atoms with E-state index in [1.807, 2.05) is 30.0 Å². The lowest BCUT2D eigenvalue weighted by Gasteiger charge is -2.23. The highest BCUT2D eigenvalue weighted by Crippen LogP contribution is 2.35. The largest absolute Gasteiger partial charge is 0.392 e. The van der Waals surface area contributed by atoms with Crippen molar-refractivity contribution in [2.75, 3.05) is 0 Å². The van der Waals surface area contributed by atoms with Crippen LogP contribution in [0.4, 0.5) is 0 Å². The average molecular weight is 350 g/mol. The molecule has 0 saturated carbocycles. The van der Waals surface area contributed by atoms with Crippen LogP contribution in [0.3, 0.4) is 0 Å². The second-order valence-corrected chi connectivity index (χ2v) is 6.52. The Morgan fingerprint density at radius 3 is 2.70 bits per heavy atom. The number of benzene rings is 2. The van der Waals surface area contributed by atoms with Crippen LogP contribution in [0.25, 0.3) is 0 Å². The summed E-state index contributed by atoms with van der Waals surface area (Å²) in [7, 11) is 0. The molecule has 0 aromatic heterocycles. The molecule has 0 aliphatic carbocycles. The minimum absolute atomic E-state index is 0.0208. The van der Waals surface area contributed by atoms with E-state index in [0.717, 1.165) is 0 Å². The van der Waals surface area contributed by atoms with Crippen LogP contribution in [0.15, 0.2) is 36.4 Å². The summed E-state index contributed by atoms with van der Waals surface area (Å²) in [6.07, 6.45) is 0.129. The summed E-state index contributed by atoms with van der Waals surface area (Å²) in [5.41, 5.74) is 3.52. The van der Waals surface area contributed by atoms with Gasteiger partial charge in [-0.05, 0) is 35.2 Å². The SMILES string of the molecule is CC1c2ccccc2CN1C(=O)Cc1c(Cl)ccc(CO)c1Cl. The molecule has 1 unspecified atom stereocenters. The molecule has 120 valence electrons. The van der Waals surface area contributed by atoms with Crippen LogP contribution >= 0.6 is 23.2 Å². The van der Waals surface area contributed by atoms with Gasteiger partial charge in [-0.3, -0.25) is 4.79 Å². The maximum atomic E-state index is 12.7. The number of fused-ring (bicyclic) bond motifs is 1. The van der Waals surface area contributed by atoms with Crippen molar-refractivity contribution in [3.05, 3.63) is 68.7 Å². The minimum atomic E-state index is -0.178. The van der Waals surface area contributed by atoms with Gasteiger partial charge in [-0.25, -0.2) is 0 Å². The highest BCUT2D eigenvalue weighted by Gasteiger charge is 2.30. The fraction of sp³-hybridized carbons (Fsp3) is 0.278. The van der Waals surface area contributed by atoms with Crippen molar-refractivity contribution in [3.8, 4) is 0 Å². The standard InChI is InChI=1S/C18H17Cl2NO2/c1-11-14-5-3-2-4-12(14)9-21(11)17(23)8-15-16(19)7-6-13(10-22)18(15)20/h2-7,11,22H,8-10H2,1H3. The summed E-state index contributed by atoms with van der Waals surface area (Å²) in [6, 6.07) is 11.5. The number of amides is 1. The van der Waals surface area contributed by atoms with Gasteiger partial charge in [0.15, 0.2) is 0 Å². The van der Waals surface area contributed by atoms with Gasteiger partial charge < -0.3 is 10.0 Å². The van der Waals surface area contributed by atoms with Gasteiger partial charge in [0.05, 0.1) is 24.1 Å². The van der Waals surface area contributed by atoms with Crippen molar-refractivity contribution < 1.29 is 9.90 Å². The van der Waals surface area contributed by atoms with Gasteiger partial charge in [0.25, 0.3) is 0 Å². The number of halogens is 2. The second kappa shape index (κ2) is 6.52. The lowest BCUT2D eigenvalue weighted by atomic mass is 10.1. The van der Waals surface area contributed by atoms with Crippen molar-refractivity contribution in [3.63, 3.8) is 0 Å². The molecular formula is C18H17Cl2NO2. The zero-order chi connectivity index (χ0) is 16.6. The quantitative estimate of drug-likeness (QED) is 0.904. The molecule has 0 radical (unpaired) electrons. The number of nitrogens with zero attached hydrogens (tertiary/aromatic N) is 1. The highest BCUT2D eigenvalue weighted by atomic mass is 35.5. The van der Waals surface area contributed by atoms with Crippen LogP contribution in [0.2, 0.25) is 10.0 Å². The summed E-state index contributed by atoms with van der Waals surface area (Å²) >= 11 is 12.5. The molecule has 1 aliphatic rings. The molecule has 3 nitrogen and oxygen atoms in total. The average Bonchev–Trinajstić information content (AvgIpc) is 2.89. The Morgan fingerprint density at radius 2 is 2.00 bits per heavy atom. The first-order chi connectivity index (χ1) is 11.0. The number of aliphatic hydroxyl groups excluding tert-OH is 1. The monoisotopic (exact) mass is 349 g/mol. The summed E-state index contributed by atoms with van der Waals surface area (Å²) < 4.78 is 0. The maximum Gasteiger partial charge on any atom is 0.227 e. The van der Waals surface area contributed by atoms with Crippen LogP contribution in [0.1, 0.15) is 35.2 Å². The summed E-state index contributed by atoms with van der Waals surface area (Å²) in [5.74, 6) is -0.0208. The minimum Gasteiger partial charge on any atom is -0.392 e. The highest BCUT2D eigenvalue weighted by molar-refractivity contribution is 6.36. The van der Waals surface area contributed by atoms with Crippen molar-refractivity contribution in [2.45, 2.75) is 32.5 Å². The first-order valence-electron chi connectivity index (χ1n) is 7.46. The van der Waals surface area contributed by atoms with Crippen LogP contribution in [-0.2, 0) is 24.4 Å². The molecule has 0 saturated heterocycles. The van der Waals surface area contributed by atoms with Crippen molar-refractivity contribution >= 4 is 29.1 Å². The van der Waals surface area contributed by atoms with E-state index in [1.54, 1.807) is 12.1 Å². The topological polar surface area (TPSA) is 40.5 Å². The predicted molar refractivity (Wildman–Crippen MR) is 91.5 cm³/mol. The fourth-order valence-corrected chi connectivity index (χ4v) is 3.63. The number of aliphatic hydroxyl groups is 1. The molecule has 0 bridgehead atoms. The third kappa shape index (κ3) is 2.97. The molecule has 1 amide bonds. The Morgan fingerprint density at radius 1 is 1.26 bits per heavy atom. The fourth-order valence-electron chi connectivity index (χ4n) is 3.06. The molecule has 1 atom stereocenters. The van der Waals surface area contributed by atoms with Gasteiger partial charge in [0.1, 0.15) is 0 Å². The Labute approximate surface area is 145 Å². The summed E-state index contributed by atoms with van der Waals surface area (Å²) in [4.78, 5) is 14.6. The van der Waals surface area contributed by atoms with Crippen molar-refractivity contribution in [2.24, 2.45) is 0 Å². The molecule has 1 aliphatic heterocycles. The van der Waals surface area contributed by atoms with Gasteiger partial charge in [-0.2, -0.15) is 0 Å². The summed E-state index contributed by atoms with van der Waals surface area (Å²) in [6.45, 7) is 2.45. The lowest BCUT2D eigenvalue weighted by molar-refractivity contribution is -0.132. The van der Waals surface area contributed by atoms with Crippen LogP contribution < -0.4 is 0 Å². The van der Waals surface area contributed by atoms with E-state index in [-0.39, 0.29) is 25.0 Å². The van der Waals surface area contributed by atoms with Crippen molar-refractivity contribution in [1.82, 2.24) is 4.90 Å². The van der Waals surface area contributed by atoms with Crippen LogP contribution in [0, 0.1) is 0 Å². The molecule has 0 fully saturated rings. The van der Waals surface area contributed by atoms with Crippen LogP contribution in [0.5, 0.6) is 0 Å². The molecule has 0 spiro atoms. The third-order valence-corrected chi connectivity index (χ3v) is 5.22. The number of carbonyl (C=O) groups is 1. The van der Waals surface area contributed by atoms with E-state index >= 15 is 0 Å². The van der Waals surface area contributed by atoms with Gasteiger partial charge in [-0.15, -0.1) is 0 Å². The van der Waals surface area contributed by atoms with Gasteiger partial charge in [0.2, 0.25) is 5.91 Å². The molecule has 1 heterocycles. The lowest BCUT2D eigenvalue weighted by Crippen LogP contribution is -2.29. The molecule has 2 aromatic rings. The first kappa shape index (κ1) is 16.3. The van der Waals surface area contributed by atoms with Crippen molar-refractivity contribution in [1.29, 1.82) is 0 Å². The normalized spacial score (nSPS) is 16.5. The number of rotatable bonds is 3. The van der Waals surface area contributed by atoms with E-state index in [9.17, 15) is 9.90 Å². The molecule has 1 N–H and O–H groups in total. The van der Waals surface area contributed by atoms with E-state index in [1.165, 1.54) is 11.1 Å². The predicted octanol–water partition coefficient (Wildman–Crippen LogP) is 4.13. The van der Waals surface area contributed by atoms with Gasteiger partial charge in [-0.1, -0.05) is 53.5 Å². The second-order valence-electron chi connectivity index (χ2n) is 5.73. The Bertz CT molecular complexity index is 761. The van der Waals surface area contributed by atoms with E-state index in [4.69, 9.17) is 23.2 Å². The Balaban J connectivity index is 1.84. The zero-order valence-corrected chi connectivity index (χ0v) is 14.2. The summed E-state index contributed by atoms with van der Waals surface area (Å²) in [5, 5.41) is 10.1. The Kier molecular flexibility index (Phi) is 4.62. The molecule has 3 rings (SSSR count). The van der Waals surface area contributed by atoms with E-state index in [2.05, 4.69) is 6.07 Å². The number of hydrogen-bond donors (Lipinski definition) is 1. The van der Waals surface area contributed by atoms with Gasteiger partial charge >= 0.3 is 0 Å². The Hall–Kier alpha value is -1.55. The smallest absolute Gasteiger partial charge is 0.227 e. The molecule has 2 aromatic carbocycles. The molecule has 23 heavy (non-hydrogen) atoms. The number of hydrogen-bond acceptors (Lipinski definition) is 2. The maximum absolute atomic E-state index is 12.7. The van der Waals surface area contributed by atoms with Gasteiger partial charge in [0, 0.05) is 11.6 Å². The molecule has 5 heteroatoms. The first-order valence-corrected chi connectivity index (χ1v) is 8.22. The van der Waals surface area contributed by atoms with Crippen LogP contribution in [-0.4, -0.2) is 15.9 Å². The third-order valence-electron chi connectivity index (χ3n) is 4.40. The molecular weight excluding hydrogens is 333 g/mol. The number of carbonyl (C=O) groups excluding carboxylic acids is 1. The zero-order valence-electron chi connectivity index (χ0n) is 12.7.